The molecule has 17 heavy (non-hydrogen) atoms. The van der Waals surface area contributed by atoms with Crippen molar-refractivity contribution in [2.75, 3.05) is 0 Å². The van der Waals surface area contributed by atoms with Crippen molar-refractivity contribution in [3.8, 4) is 0 Å². The quantitative estimate of drug-likeness (QED) is 0.624. The van der Waals surface area contributed by atoms with Crippen LogP contribution in [-0.2, 0) is 14.0 Å². The molecule has 0 aliphatic carbocycles. The van der Waals surface area contributed by atoms with E-state index in [2.05, 4.69) is 0 Å². The molecule has 1 saturated heterocycles. The number of carbonyl (C=O) groups excluding carboxylic acids is 1. The van der Waals surface area contributed by atoms with Crippen LogP contribution in [0.3, 0.4) is 0 Å². The smallest absolute Gasteiger partial charge is 0.274 e. The fourth-order valence-corrected chi connectivity index (χ4v) is 3.50. The number of β-lactam (4-membered cyclic amide) rings is 1. The average Bonchev–Trinajstić information content (AvgIpc) is 2.23. The van der Waals surface area contributed by atoms with Gasteiger partial charge in [-0.3, -0.25) is 4.79 Å². The molecule has 0 radical (unpaired) electrons. The van der Waals surface area contributed by atoms with Crippen molar-refractivity contribution in [3.05, 3.63) is 35.9 Å². The summed E-state index contributed by atoms with van der Waals surface area (Å²) in [5.74, 6) is -0.491. The number of amides is 1. The summed E-state index contributed by atoms with van der Waals surface area (Å²) in [4.78, 5) is 11.3. The van der Waals surface area contributed by atoms with Crippen molar-refractivity contribution >= 4 is 25.8 Å². The zero-order chi connectivity index (χ0) is 12.6. The first-order chi connectivity index (χ1) is 7.91. The number of carbonyl (C=O) groups is 1. The van der Waals surface area contributed by atoms with E-state index in [9.17, 15) is 13.2 Å². The molecule has 1 fully saturated rings. The molecule has 2 unspecified atom stereocenters. The van der Waals surface area contributed by atoms with E-state index in [4.69, 9.17) is 10.7 Å². The van der Waals surface area contributed by atoms with E-state index in [0.717, 1.165) is 9.87 Å². The summed E-state index contributed by atoms with van der Waals surface area (Å²) < 4.78 is 23.3. The highest BCUT2D eigenvalue weighted by Gasteiger charge is 2.46. The molecule has 0 N–H and O–H groups in total. The molecular formula is C11H12ClNO3S. The van der Waals surface area contributed by atoms with Gasteiger partial charge in [0.2, 0.25) is 5.91 Å². The second-order valence-corrected chi connectivity index (χ2v) is 6.49. The molecule has 0 spiro atoms. The Morgan fingerprint density at radius 2 is 1.94 bits per heavy atom. The van der Waals surface area contributed by atoms with Crippen LogP contribution in [0.1, 0.15) is 24.8 Å². The zero-order valence-corrected chi connectivity index (χ0v) is 10.8. The Balaban J connectivity index is 2.23. The van der Waals surface area contributed by atoms with Gasteiger partial charge in [-0.25, -0.2) is 4.31 Å². The zero-order valence-electron chi connectivity index (χ0n) is 9.21. The molecule has 2 atom stereocenters. The normalized spacial score (nSPS) is 22.1. The Kier molecular flexibility index (Phi) is 3.14. The minimum atomic E-state index is -3.96. The van der Waals surface area contributed by atoms with Gasteiger partial charge >= 0.3 is 9.24 Å². The summed E-state index contributed by atoms with van der Waals surface area (Å²) in [7, 11) is 1.27. The van der Waals surface area contributed by atoms with Crippen LogP contribution in [0, 0.1) is 0 Å². The molecule has 1 aliphatic heterocycles. The van der Waals surface area contributed by atoms with Crippen LogP contribution >= 0.6 is 10.7 Å². The standard InChI is InChI=1S/C11H12ClNO3S/c1-8(9-5-3-2-4-6-9)10-7-11(14)13(10)17(12,15)16/h2-6,8,10H,7H2,1H3. The summed E-state index contributed by atoms with van der Waals surface area (Å²) >= 11 is 0. The van der Waals surface area contributed by atoms with Gasteiger partial charge in [0.05, 0.1) is 12.5 Å². The molecule has 1 amide bonds. The molecule has 92 valence electrons. The molecule has 0 bridgehead atoms. The maximum Gasteiger partial charge on any atom is 0.324 e. The Morgan fingerprint density at radius 1 is 1.35 bits per heavy atom. The highest BCUT2D eigenvalue weighted by molar-refractivity contribution is 8.12. The van der Waals surface area contributed by atoms with Gasteiger partial charge in [-0.1, -0.05) is 37.3 Å². The van der Waals surface area contributed by atoms with Gasteiger partial charge < -0.3 is 0 Å². The predicted molar refractivity (Wildman–Crippen MR) is 64.9 cm³/mol. The van der Waals surface area contributed by atoms with Crippen LogP contribution in [0.4, 0.5) is 0 Å². The molecule has 1 aromatic carbocycles. The van der Waals surface area contributed by atoms with Crippen LogP contribution in [0.15, 0.2) is 30.3 Å². The van der Waals surface area contributed by atoms with Crippen molar-refractivity contribution in [2.24, 2.45) is 0 Å². The third-order valence-corrected chi connectivity index (χ3v) is 4.46. The van der Waals surface area contributed by atoms with E-state index in [1.165, 1.54) is 0 Å². The van der Waals surface area contributed by atoms with Gasteiger partial charge in [-0.05, 0) is 5.56 Å². The summed E-state index contributed by atoms with van der Waals surface area (Å²) in [6.45, 7) is 1.89. The van der Waals surface area contributed by atoms with Crippen molar-refractivity contribution in [1.82, 2.24) is 4.31 Å². The summed E-state index contributed by atoms with van der Waals surface area (Å²) in [6, 6.07) is 9.10. The number of hydrogen-bond donors (Lipinski definition) is 0. The van der Waals surface area contributed by atoms with Crippen molar-refractivity contribution < 1.29 is 13.2 Å². The van der Waals surface area contributed by atoms with E-state index in [1.807, 2.05) is 37.3 Å². The maximum atomic E-state index is 11.3. The highest BCUT2D eigenvalue weighted by Crippen LogP contribution is 2.35. The lowest BCUT2D eigenvalue weighted by Gasteiger charge is -2.40. The van der Waals surface area contributed by atoms with Gasteiger partial charge in [0, 0.05) is 16.6 Å². The monoisotopic (exact) mass is 273 g/mol. The minimum absolute atomic E-state index is 0.0533. The van der Waals surface area contributed by atoms with Crippen LogP contribution in [-0.4, -0.2) is 24.7 Å². The van der Waals surface area contributed by atoms with Crippen LogP contribution in [0.25, 0.3) is 0 Å². The van der Waals surface area contributed by atoms with Crippen molar-refractivity contribution in [1.29, 1.82) is 0 Å². The molecule has 2 rings (SSSR count). The van der Waals surface area contributed by atoms with E-state index in [-0.39, 0.29) is 18.4 Å². The first-order valence-electron chi connectivity index (χ1n) is 5.23. The Morgan fingerprint density at radius 3 is 2.41 bits per heavy atom. The number of halogens is 1. The van der Waals surface area contributed by atoms with Gasteiger partial charge in [-0.2, -0.15) is 8.42 Å². The van der Waals surface area contributed by atoms with E-state index < -0.39 is 15.1 Å². The molecule has 1 heterocycles. The third-order valence-electron chi connectivity index (χ3n) is 3.07. The lowest BCUT2D eigenvalue weighted by molar-refractivity contribution is -0.138. The highest BCUT2D eigenvalue weighted by atomic mass is 35.7. The molecule has 1 aliphatic rings. The number of rotatable bonds is 3. The lowest BCUT2D eigenvalue weighted by Crippen LogP contribution is -2.56. The number of nitrogens with zero attached hydrogens (tertiary/aromatic N) is 1. The molecule has 0 aromatic heterocycles. The Bertz CT molecular complexity index is 529. The fraction of sp³-hybridized carbons (Fsp3) is 0.364. The van der Waals surface area contributed by atoms with E-state index in [1.54, 1.807) is 0 Å². The summed E-state index contributed by atoms with van der Waals surface area (Å²) in [5, 5.41) is 0. The van der Waals surface area contributed by atoms with Gasteiger partial charge in [0.1, 0.15) is 0 Å². The lowest BCUT2D eigenvalue weighted by atomic mass is 9.87. The largest absolute Gasteiger partial charge is 0.324 e. The van der Waals surface area contributed by atoms with Gasteiger partial charge in [0.25, 0.3) is 0 Å². The second kappa shape index (κ2) is 4.31. The second-order valence-electron chi connectivity index (χ2n) is 4.10. The molecular weight excluding hydrogens is 262 g/mol. The minimum Gasteiger partial charge on any atom is -0.274 e. The number of hydrogen-bond acceptors (Lipinski definition) is 3. The van der Waals surface area contributed by atoms with E-state index in [0.29, 0.717) is 0 Å². The molecule has 0 saturated carbocycles. The molecule has 1 aromatic rings. The summed E-state index contributed by atoms with van der Waals surface area (Å²) in [5.41, 5.74) is 0.996. The SMILES string of the molecule is CC(c1ccccc1)C1CC(=O)N1S(=O)(=O)Cl. The summed E-state index contributed by atoms with van der Waals surface area (Å²) in [6.07, 6.45) is 0.224. The van der Waals surface area contributed by atoms with Crippen molar-refractivity contribution in [3.63, 3.8) is 0 Å². The average molecular weight is 274 g/mol. The molecule has 4 nitrogen and oxygen atoms in total. The fourth-order valence-electron chi connectivity index (χ4n) is 2.07. The maximum absolute atomic E-state index is 11.3. The van der Waals surface area contributed by atoms with Crippen LogP contribution < -0.4 is 0 Å². The van der Waals surface area contributed by atoms with Gasteiger partial charge in [0.15, 0.2) is 0 Å². The van der Waals surface area contributed by atoms with Crippen LogP contribution in [0.2, 0.25) is 0 Å². The van der Waals surface area contributed by atoms with Crippen LogP contribution in [0.5, 0.6) is 0 Å². The molecule has 6 heteroatoms. The Hall–Kier alpha value is -1.07. The predicted octanol–water partition coefficient (Wildman–Crippen LogP) is 1.87. The first kappa shape index (κ1) is 12.4. The Labute approximate surface area is 105 Å². The van der Waals surface area contributed by atoms with E-state index >= 15 is 0 Å². The topological polar surface area (TPSA) is 54.5 Å². The van der Waals surface area contributed by atoms with Crippen molar-refractivity contribution in [2.45, 2.75) is 25.3 Å². The first-order valence-corrected chi connectivity index (χ1v) is 7.49. The third kappa shape index (κ3) is 2.30. The number of benzene rings is 1. The van der Waals surface area contributed by atoms with Gasteiger partial charge in [-0.15, -0.1) is 0 Å².